The highest BCUT2D eigenvalue weighted by molar-refractivity contribution is 5.76. The first-order chi connectivity index (χ1) is 21.2. The molecule has 0 saturated heterocycles. The van der Waals surface area contributed by atoms with Crippen molar-refractivity contribution in [1.82, 2.24) is 5.32 Å². The Kier molecular flexibility index (Phi) is 34.9. The second-order valence-corrected chi connectivity index (χ2v) is 13.4. The van der Waals surface area contributed by atoms with E-state index in [9.17, 15) is 15.0 Å². The lowest BCUT2D eigenvalue weighted by Crippen LogP contribution is -2.45. The summed E-state index contributed by atoms with van der Waals surface area (Å²) in [6, 6.07) is -0.545. The van der Waals surface area contributed by atoms with E-state index in [1.807, 2.05) is 0 Å². The van der Waals surface area contributed by atoms with Crippen LogP contribution in [0.3, 0.4) is 0 Å². The third-order valence-electron chi connectivity index (χ3n) is 9.03. The smallest absolute Gasteiger partial charge is 0.220 e. The maximum atomic E-state index is 12.3. The first-order valence-corrected chi connectivity index (χ1v) is 19.4. The quantitative estimate of drug-likeness (QED) is 0.0496. The van der Waals surface area contributed by atoms with Gasteiger partial charge in [0.05, 0.1) is 18.8 Å². The molecule has 2 atom stereocenters. The van der Waals surface area contributed by atoms with Crippen molar-refractivity contribution in [2.45, 2.75) is 225 Å². The van der Waals surface area contributed by atoms with Crippen molar-refractivity contribution in [3.8, 4) is 0 Å². The standard InChI is InChI=1S/C39H77NO3/c1-3-5-7-9-11-13-15-16-17-18-19-20-21-22-23-25-27-29-31-33-35-39(43)40-37(36-41)38(42)34-32-30-28-26-24-14-12-10-8-6-4-2/h24,26,37-38,41-42H,3-23,25,27-36H2,1-2H3,(H,40,43)/b26-24+/t37-,38+/m0/s1. The Labute approximate surface area is 269 Å². The van der Waals surface area contributed by atoms with Gasteiger partial charge in [0.15, 0.2) is 0 Å². The van der Waals surface area contributed by atoms with E-state index in [4.69, 9.17) is 0 Å². The first kappa shape index (κ1) is 42.1. The minimum Gasteiger partial charge on any atom is -0.394 e. The van der Waals surface area contributed by atoms with E-state index in [-0.39, 0.29) is 12.5 Å². The zero-order valence-electron chi connectivity index (χ0n) is 29.2. The lowest BCUT2D eigenvalue weighted by Gasteiger charge is -2.22. The van der Waals surface area contributed by atoms with Gasteiger partial charge in [-0.25, -0.2) is 0 Å². The van der Waals surface area contributed by atoms with Crippen LogP contribution in [0, 0.1) is 0 Å². The molecular weight excluding hydrogens is 530 g/mol. The van der Waals surface area contributed by atoms with Gasteiger partial charge < -0.3 is 15.5 Å². The number of hydrogen-bond acceptors (Lipinski definition) is 3. The number of carbonyl (C=O) groups is 1. The summed E-state index contributed by atoms with van der Waals surface area (Å²) < 4.78 is 0. The molecule has 0 aromatic rings. The number of carbonyl (C=O) groups excluding carboxylic acids is 1. The van der Waals surface area contributed by atoms with Crippen molar-refractivity contribution in [3.05, 3.63) is 12.2 Å². The topological polar surface area (TPSA) is 69.6 Å². The van der Waals surface area contributed by atoms with Crippen LogP contribution in [0.25, 0.3) is 0 Å². The van der Waals surface area contributed by atoms with Gasteiger partial charge in [-0.3, -0.25) is 4.79 Å². The Balaban J connectivity index is 3.50. The number of unbranched alkanes of at least 4 members (excludes halogenated alkanes) is 26. The van der Waals surface area contributed by atoms with Crippen LogP contribution < -0.4 is 5.32 Å². The molecule has 0 radical (unpaired) electrons. The monoisotopic (exact) mass is 608 g/mol. The van der Waals surface area contributed by atoms with Gasteiger partial charge in [-0.05, 0) is 38.5 Å². The van der Waals surface area contributed by atoms with E-state index in [2.05, 4.69) is 31.3 Å². The van der Waals surface area contributed by atoms with Crippen LogP contribution in [0.1, 0.15) is 213 Å². The summed E-state index contributed by atoms with van der Waals surface area (Å²) in [5.74, 6) is -0.0395. The number of aliphatic hydroxyl groups is 2. The number of rotatable bonds is 35. The minimum atomic E-state index is -0.675. The molecule has 3 N–H and O–H groups in total. The fraction of sp³-hybridized carbons (Fsp3) is 0.923. The van der Waals surface area contributed by atoms with Gasteiger partial charge in [0.25, 0.3) is 0 Å². The molecule has 0 aliphatic carbocycles. The van der Waals surface area contributed by atoms with Crippen LogP contribution in [-0.4, -0.2) is 34.9 Å². The number of amides is 1. The molecule has 0 bridgehead atoms. The summed E-state index contributed by atoms with van der Waals surface area (Å²) in [6.07, 6.45) is 42.8. The van der Waals surface area contributed by atoms with Gasteiger partial charge in [-0.2, -0.15) is 0 Å². The Morgan fingerprint density at radius 1 is 0.535 bits per heavy atom. The van der Waals surface area contributed by atoms with Gasteiger partial charge in [-0.15, -0.1) is 0 Å². The molecule has 0 aliphatic heterocycles. The molecular formula is C39H77NO3. The van der Waals surface area contributed by atoms with E-state index in [0.29, 0.717) is 12.8 Å². The Hall–Kier alpha value is -0.870. The lowest BCUT2D eigenvalue weighted by atomic mass is 10.0. The summed E-state index contributed by atoms with van der Waals surface area (Å²) in [5.41, 5.74) is 0. The van der Waals surface area contributed by atoms with Gasteiger partial charge in [0, 0.05) is 6.42 Å². The predicted molar refractivity (Wildman–Crippen MR) is 189 cm³/mol. The van der Waals surface area contributed by atoms with Crippen LogP contribution in [0.15, 0.2) is 12.2 Å². The molecule has 0 saturated carbocycles. The average molecular weight is 608 g/mol. The fourth-order valence-electron chi connectivity index (χ4n) is 6.00. The van der Waals surface area contributed by atoms with Gasteiger partial charge in [0.1, 0.15) is 0 Å². The number of nitrogens with one attached hydrogen (secondary N) is 1. The van der Waals surface area contributed by atoms with Crippen LogP contribution >= 0.6 is 0 Å². The predicted octanol–water partition coefficient (Wildman–Crippen LogP) is 11.5. The first-order valence-electron chi connectivity index (χ1n) is 19.4. The van der Waals surface area contributed by atoms with E-state index in [0.717, 1.165) is 32.1 Å². The summed E-state index contributed by atoms with van der Waals surface area (Å²) in [5, 5.41) is 23.0. The molecule has 0 spiro atoms. The molecule has 0 aromatic heterocycles. The molecule has 0 heterocycles. The van der Waals surface area contributed by atoms with Crippen LogP contribution in [0.2, 0.25) is 0 Å². The van der Waals surface area contributed by atoms with E-state index < -0.39 is 12.1 Å². The van der Waals surface area contributed by atoms with Crippen molar-refractivity contribution < 1.29 is 15.0 Å². The van der Waals surface area contributed by atoms with Crippen molar-refractivity contribution in [2.75, 3.05) is 6.61 Å². The third kappa shape index (κ3) is 32.3. The highest BCUT2D eigenvalue weighted by Crippen LogP contribution is 2.15. The fourth-order valence-corrected chi connectivity index (χ4v) is 6.00. The SMILES string of the molecule is CCCCCCC/C=C/CCCC[C@@H](O)[C@H](CO)NC(=O)CCCCCCCCCCCCCCCCCCCCCC. The van der Waals surface area contributed by atoms with E-state index in [1.54, 1.807) is 0 Å². The molecule has 0 aliphatic rings. The highest BCUT2D eigenvalue weighted by Gasteiger charge is 2.19. The molecule has 43 heavy (non-hydrogen) atoms. The maximum absolute atomic E-state index is 12.3. The van der Waals surface area contributed by atoms with E-state index >= 15 is 0 Å². The zero-order valence-corrected chi connectivity index (χ0v) is 29.2. The second kappa shape index (κ2) is 35.6. The molecule has 4 heteroatoms. The van der Waals surface area contributed by atoms with Crippen molar-refractivity contribution in [3.63, 3.8) is 0 Å². The number of hydrogen-bond donors (Lipinski definition) is 3. The van der Waals surface area contributed by atoms with Crippen molar-refractivity contribution >= 4 is 5.91 Å². The molecule has 4 nitrogen and oxygen atoms in total. The molecule has 0 fully saturated rings. The van der Waals surface area contributed by atoms with Crippen LogP contribution in [0.4, 0.5) is 0 Å². The number of aliphatic hydroxyl groups excluding tert-OH is 2. The third-order valence-corrected chi connectivity index (χ3v) is 9.03. The Morgan fingerprint density at radius 2 is 0.884 bits per heavy atom. The summed E-state index contributed by atoms with van der Waals surface area (Å²) in [7, 11) is 0. The molecule has 0 aromatic carbocycles. The number of allylic oxidation sites excluding steroid dienone is 2. The minimum absolute atomic E-state index is 0.0395. The Morgan fingerprint density at radius 3 is 1.28 bits per heavy atom. The van der Waals surface area contributed by atoms with E-state index in [1.165, 1.54) is 154 Å². The largest absolute Gasteiger partial charge is 0.394 e. The summed E-state index contributed by atoms with van der Waals surface area (Å²) in [4.78, 5) is 12.3. The van der Waals surface area contributed by atoms with Crippen LogP contribution in [-0.2, 0) is 4.79 Å². The molecule has 0 rings (SSSR count). The van der Waals surface area contributed by atoms with Gasteiger partial charge in [0.2, 0.25) is 5.91 Å². The second-order valence-electron chi connectivity index (χ2n) is 13.4. The van der Waals surface area contributed by atoms with Crippen molar-refractivity contribution in [2.24, 2.45) is 0 Å². The maximum Gasteiger partial charge on any atom is 0.220 e. The molecule has 256 valence electrons. The van der Waals surface area contributed by atoms with Crippen LogP contribution in [0.5, 0.6) is 0 Å². The highest BCUT2D eigenvalue weighted by atomic mass is 16.3. The Bertz CT molecular complexity index is 579. The normalized spacial score (nSPS) is 13.1. The zero-order chi connectivity index (χ0) is 31.5. The summed E-state index contributed by atoms with van der Waals surface area (Å²) >= 11 is 0. The molecule has 0 unspecified atom stereocenters. The molecule has 1 amide bonds. The van der Waals surface area contributed by atoms with Gasteiger partial charge in [-0.1, -0.05) is 180 Å². The van der Waals surface area contributed by atoms with Crippen molar-refractivity contribution in [1.29, 1.82) is 0 Å². The summed E-state index contributed by atoms with van der Waals surface area (Å²) in [6.45, 7) is 4.33. The van der Waals surface area contributed by atoms with Gasteiger partial charge >= 0.3 is 0 Å². The lowest BCUT2D eigenvalue weighted by molar-refractivity contribution is -0.123. The average Bonchev–Trinajstić information content (AvgIpc) is 3.01.